The van der Waals surface area contributed by atoms with Crippen molar-refractivity contribution < 1.29 is 9.53 Å². The quantitative estimate of drug-likeness (QED) is 0.749. The molecule has 2 aliphatic rings. The number of benzene rings is 1. The maximum atomic E-state index is 11.5. The fourth-order valence-electron chi connectivity index (χ4n) is 3.79. The number of fused-ring (bicyclic) bond motifs is 1. The number of ether oxygens (including phenoxy) is 1. The Balaban J connectivity index is 1.13. The largest absolute Gasteiger partial charge is 0.478 e. The molecule has 2 aromatic rings. The number of para-hydroxylation sites is 1. The predicted molar refractivity (Wildman–Crippen MR) is 111 cm³/mol. The summed E-state index contributed by atoms with van der Waals surface area (Å²) in [4.78, 5) is 20.9. The van der Waals surface area contributed by atoms with Crippen molar-refractivity contribution in [3.05, 3.63) is 48.0 Å². The number of nitrogens with zero attached hydrogens (tertiary/aromatic N) is 3. The molecule has 1 aromatic heterocycles. The van der Waals surface area contributed by atoms with Crippen molar-refractivity contribution >= 4 is 17.4 Å². The summed E-state index contributed by atoms with van der Waals surface area (Å²) in [5.41, 5.74) is 2.41. The van der Waals surface area contributed by atoms with Gasteiger partial charge in [0.15, 0.2) is 0 Å². The highest BCUT2D eigenvalue weighted by Gasteiger charge is 2.17. The lowest BCUT2D eigenvalue weighted by molar-refractivity contribution is -0.116. The van der Waals surface area contributed by atoms with E-state index in [9.17, 15) is 4.79 Å². The molecule has 1 N–H and O–H groups in total. The number of carbonyl (C=O) groups is 1. The smallest absolute Gasteiger partial charge is 0.225 e. The monoisotopic (exact) mass is 380 g/mol. The van der Waals surface area contributed by atoms with E-state index in [2.05, 4.69) is 50.4 Å². The van der Waals surface area contributed by atoms with Crippen LogP contribution >= 0.6 is 0 Å². The SMILES string of the molecule is O=C1CCc2ccc(OCCCCN3CCN(c4ccccc4)CC3)nc2N1. The maximum absolute atomic E-state index is 11.5. The second kappa shape index (κ2) is 9.06. The molecule has 148 valence electrons. The summed E-state index contributed by atoms with van der Waals surface area (Å²) in [6, 6.07) is 14.6. The normalized spacial score (nSPS) is 17.1. The van der Waals surface area contributed by atoms with E-state index >= 15 is 0 Å². The molecule has 3 heterocycles. The van der Waals surface area contributed by atoms with Crippen LogP contribution in [0.2, 0.25) is 0 Å². The number of aryl methyl sites for hydroxylation is 1. The van der Waals surface area contributed by atoms with Crippen molar-refractivity contribution in [1.82, 2.24) is 9.88 Å². The highest BCUT2D eigenvalue weighted by atomic mass is 16.5. The summed E-state index contributed by atoms with van der Waals surface area (Å²) >= 11 is 0. The number of carbonyl (C=O) groups excluding carboxylic acids is 1. The van der Waals surface area contributed by atoms with Gasteiger partial charge in [0.1, 0.15) is 5.82 Å². The number of nitrogens with one attached hydrogen (secondary N) is 1. The number of piperazine rings is 1. The van der Waals surface area contributed by atoms with Gasteiger partial charge in [-0.25, -0.2) is 0 Å². The summed E-state index contributed by atoms with van der Waals surface area (Å²) in [5, 5.41) is 2.82. The Hall–Kier alpha value is -2.60. The number of hydrogen-bond acceptors (Lipinski definition) is 5. The Morgan fingerprint density at radius 3 is 2.61 bits per heavy atom. The standard InChI is InChI=1S/C22H28N4O2/c27-20-10-8-18-9-11-21(24-22(18)23-20)28-17-5-4-12-25-13-15-26(16-14-25)19-6-2-1-3-7-19/h1-3,6-7,9,11H,4-5,8,10,12-17H2,(H,23,24,27). The molecule has 0 radical (unpaired) electrons. The Morgan fingerprint density at radius 2 is 1.79 bits per heavy atom. The van der Waals surface area contributed by atoms with Gasteiger partial charge in [-0.1, -0.05) is 18.2 Å². The molecule has 0 saturated carbocycles. The molecular formula is C22H28N4O2. The van der Waals surface area contributed by atoms with Gasteiger partial charge in [0, 0.05) is 44.4 Å². The molecule has 0 unspecified atom stereocenters. The summed E-state index contributed by atoms with van der Waals surface area (Å²) in [6.45, 7) is 6.17. The molecule has 6 nitrogen and oxygen atoms in total. The van der Waals surface area contributed by atoms with E-state index in [1.165, 1.54) is 5.69 Å². The van der Waals surface area contributed by atoms with Gasteiger partial charge in [-0.2, -0.15) is 4.98 Å². The first-order chi connectivity index (χ1) is 13.8. The Bertz CT molecular complexity index is 788. The van der Waals surface area contributed by atoms with Crippen LogP contribution in [0.5, 0.6) is 5.88 Å². The number of pyridine rings is 1. The van der Waals surface area contributed by atoms with Gasteiger partial charge in [-0.3, -0.25) is 9.69 Å². The Morgan fingerprint density at radius 1 is 0.964 bits per heavy atom. The van der Waals surface area contributed by atoms with Crippen molar-refractivity contribution in [3.8, 4) is 5.88 Å². The van der Waals surface area contributed by atoms with Crippen LogP contribution in [0.1, 0.15) is 24.8 Å². The molecule has 1 fully saturated rings. The number of unbranched alkanes of at least 4 members (excludes halogenated alkanes) is 1. The van der Waals surface area contributed by atoms with E-state index < -0.39 is 0 Å². The molecule has 0 atom stereocenters. The molecular weight excluding hydrogens is 352 g/mol. The van der Waals surface area contributed by atoms with Gasteiger partial charge in [0.2, 0.25) is 11.8 Å². The molecule has 28 heavy (non-hydrogen) atoms. The molecule has 1 aromatic carbocycles. The lowest BCUT2D eigenvalue weighted by Crippen LogP contribution is -2.46. The fourth-order valence-corrected chi connectivity index (χ4v) is 3.79. The van der Waals surface area contributed by atoms with E-state index in [4.69, 9.17) is 4.74 Å². The van der Waals surface area contributed by atoms with E-state index in [1.54, 1.807) is 0 Å². The van der Waals surface area contributed by atoms with Gasteiger partial charge in [0.25, 0.3) is 0 Å². The van der Waals surface area contributed by atoms with E-state index in [1.807, 2.05) is 12.1 Å². The van der Waals surface area contributed by atoms with Gasteiger partial charge < -0.3 is 15.0 Å². The minimum absolute atomic E-state index is 0.0320. The first-order valence-corrected chi connectivity index (χ1v) is 10.2. The first-order valence-electron chi connectivity index (χ1n) is 10.2. The third kappa shape index (κ3) is 4.81. The summed E-state index contributed by atoms with van der Waals surface area (Å²) in [5.74, 6) is 1.28. The van der Waals surface area contributed by atoms with Crippen molar-refractivity contribution in [2.45, 2.75) is 25.7 Å². The summed E-state index contributed by atoms with van der Waals surface area (Å²) in [6.07, 6.45) is 3.41. The zero-order chi connectivity index (χ0) is 19.2. The second-order valence-corrected chi connectivity index (χ2v) is 7.43. The van der Waals surface area contributed by atoms with Crippen LogP contribution in [0.15, 0.2) is 42.5 Å². The average Bonchev–Trinajstić information content (AvgIpc) is 2.74. The van der Waals surface area contributed by atoms with Gasteiger partial charge in [-0.05, 0) is 49.6 Å². The number of rotatable bonds is 7. The van der Waals surface area contributed by atoms with Gasteiger partial charge >= 0.3 is 0 Å². The van der Waals surface area contributed by atoms with E-state index in [0.717, 1.165) is 57.5 Å². The average molecular weight is 380 g/mol. The van der Waals surface area contributed by atoms with Crippen molar-refractivity contribution in [3.63, 3.8) is 0 Å². The molecule has 1 amide bonds. The van der Waals surface area contributed by atoms with Crippen LogP contribution in [0.4, 0.5) is 11.5 Å². The molecule has 4 rings (SSSR count). The predicted octanol–water partition coefficient (Wildman–Crippen LogP) is 2.95. The molecule has 1 saturated heterocycles. The van der Waals surface area contributed by atoms with Gasteiger partial charge in [0.05, 0.1) is 6.61 Å². The van der Waals surface area contributed by atoms with Crippen molar-refractivity contribution in [2.75, 3.05) is 49.5 Å². The fraction of sp³-hybridized carbons (Fsp3) is 0.455. The van der Waals surface area contributed by atoms with Gasteiger partial charge in [-0.15, -0.1) is 0 Å². The first kappa shape index (κ1) is 18.7. The zero-order valence-corrected chi connectivity index (χ0v) is 16.3. The van der Waals surface area contributed by atoms with Crippen LogP contribution in [-0.2, 0) is 11.2 Å². The highest BCUT2D eigenvalue weighted by molar-refractivity contribution is 5.92. The summed E-state index contributed by atoms with van der Waals surface area (Å²) in [7, 11) is 0. The Labute approximate surface area is 166 Å². The minimum atomic E-state index is 0.0320. The zero-order valence-electron chi connectivity index (χ0n) is 16.3. The lowest BCUT2D eigenvalue weighted by atomic mass is 10.1. The second-order valence-electron chi connectivity index (χ2n) is 7.43. The maximum Gasteiger partial charge on any atom is 0.225 e. The third-order valence-corrected chi connectivity index (χ3v) is 5.44. The third-order valence-electron chi connectivity index (χ3n) is 5.44. The van der Waals surface area contributed by atoms with Crippen LogP contribution < -0.4 is 15.0 Å². The molecule has 0 spiro atoms. The minimum Gasteiger partial charge on any atom is -0.478 e. The summed E-state index contributed by atoms with van der Waals surface area (Å²) < 4.78 is 5.78. The number of hydrogen-bond donors (Lipinski definition) is 1. The lowest BCUT2D eigenvalue weighted by Gasteiger charge is -2.36. The van der Waals surface area contributed by atoms with Crippen LogP contribution in [0.25, 0.3) is 0 Å². The van der Waals surface area contributed by atoms with Crippen LogP contribution in [0, 0.1) is 0 Å². The molecule has 6 heteroatoms. The van der Waals surface area contributed by atoms with Crippen LogP contribution in [0.3, 0.4) is 0 Å². The van der Waals surface area contributed by atoms with Crippen molar-refractivity contribution in [2.24, 2.45) is 0 Å². The van der Waals surface area contributed by atoms with E-state index in [0.29, 0.717) is 24.7 Å². The number of anilines is 2. The van der Waals surface area contributed by atoms with Crippen LogP contribution in [-0.4, -0.2) is 55.1 Å². The Kier molecular flexibility index (Phi) is 6.07. The number of aromatic nitrogens is 1. The number of amides is 1. The van der Waals surface area contributed by atoms with E-state index in [-0.39, 0.29) is 5.91 Å². The highest BCUT2D eigenvalue weighted by Crippen LogP contribution is 2.23. The molecule has 0 bridgehead atoms. The molecule has 0 aliphatic carbocycles. The van der Waals surface area contributed by atoms with Crippen molar-refractivity contribution in [1.29, 1.82) is 0 Å². The molecule has 2 aliphatic heterocycles. The topological polar surface area (TPSA) is 57.7 Å².